The molecule has 3 aromatic rings. The van der Waals surface area contributed by atoms with Gasteiger partial charge < -0.3 is 10.1 Å². The molecule has 0 bridgehead atoms. The molecule has 2 aromatic carbocycles. The number of nitrogens with one attached hydrogen (secondary N) is 2. The number of aromatic nitrogens is 1. The van der Waals surface area contributed by atoms with Crippen LogP contribution in [-0.4, -0.2) is 22.1 Å². The molecule has 4 heteroatoms. The molecule has 1 aliphatic rings. The lowest BCUT2D eigenvalue weighted by Crippen LogP contribution is -2.41. The lowest BCUT2D eigenvalue weighted by atomic mass is 9.99. The molecule has 0 aliphatic carbocycles. The number of hydrogen-bond donors (Lipinski definition) is 3. The van der Waals surface area contributed by atoms with Crippen LogP contribution in [0.4, 0.5) is 0 Å². The molecule has 0 saturated heterocycles. The summed E-state index contributed by atoms with van der Waals surface area (Å²) in [6, 6.07) is 16.0. The largest absolute Gasteiger partial charge is 0.480 e. The van der Waals surface area contributed by atoms with Crippen LogP contribution in [0, 0.1) is 13.8 Å². The van der Waals surface area contributed by atoms with Crippen molar-refractivity contribution in [1.82, 2.24) is 10.3 Å². The zero-order valence-corrected chi connectivity index (χ0v) is 14.0. The summed E-state index contributed by atoms with van der Waals surface area (Å²) >= 11 is 0. The maximum absolute atomic E-state index is 10.9. The van der Waals surface area contributed by atoms with Crippen LogP contribution < -0.4 is 5.32 Å². The van der Waals surface area contributed by atoms with Crippen LogP contribution >= 0.6 is 0 Å². The van der Waals surface area contributed by atoms with Crippen LogP contribution in [0.25, 0.3) is 10.9 Å². The molecule has 0 fully saturated rings. The highest BCUT2D eigenvalue weighted by atomic mass is 16.4. The van der Waals surface area contributed by atoms with Gasteiger partial charge in [-0.1, -0.05) is 53.6 Å². The van der Waals surface area contributed by atoms with Gasteiger partial charge in [0.1, 0.15) is 6.04 Å². The minimum Gasteiger partial charge on any atom is -0.480 e. The van der Waals surface area contributed by atoms with Crippen molar-refractivity contribution in [3.63, 3.8) is 0 Å². The fraction of sp³-hybridized carbons (Fsp3) is 0.250. The Morgan fingerprint density at radius 1 is 1.08 bits per heavy atom. The van der Waals surface area contributed by atoms with Crippen molar-refractivity contribution in [3.8, 4) is 0 Å². The molecular formula is C20H22N2O2. The molecule has 1 aromatic heterocycles. The monoisotopic (exact) mass is 322 g/mol. The number of H-pyrrole nitrogens is 1. The number of benzene rings is 2. The molecular weight excluding hydrogens is 300 g/mol. The number of carboxylic acid groups (broad SMARTS) is 1. The Labute approximate surface area is 141 Å². The summed E-state index contributed by atoms with van der Waals surface area (Å²) in [5, 5.41) is 13.1. The minimum atomic E-state index is -0.782. The number of carbonyl (C=O) groups is 1. The third kappa shape index (κ3) is 3.49. The molecule has 1 unspecified atom stereocenters. The lowest BCUT2D eigenvalue weighted by Gasteiger charge is -2.20. The molecule has 4 nitrogen and oxygen atoms in total. The van der Waals surface area contributed by atoms with Gasteiger partial charge in [-0.15, -0.1) is 0 Å². The van der Waals surface area contributed by atoms with E-state index in [9.17, 15) is 4.79 Å². The standard InChI is InChI=1S/C12H12N2O2.C8H10/c15-12(16)10-5-8-7-3-1-2-4-9(7)14-11(8)6-13-10;1-7-4-3-5-8(2)6-7/h1-4,10,13-14H,5-6H2,(H,15,16);3-6H,1-2H3. The molecule has 0 radical (unpaired) electrons. The first-order valence-corrected chi connectivity index (χ1v) is 8.12. The van der Waals surface area contributed by atoms with Crippen LogP contribution in [0.2, 0.25) is 0 Å². The van der Waals surface area contributed by atoms with Crippen molar-refractivity contribution in [2.24, 2.45) is 0 Å². The Hall–Kier alpha value is -2.59. The van der Waals surface area contributed by atoms with Gasteiger partial charge >= 0.3 is 5.97 Å². The van der Waals surface area contributed by atoms with Gasteiger partial charge in [0, 0.05) is 29.6 Å². The van der Waals surface area contributed by atoms with Gasteiger partial charge in [-0.05, 0) is 25.5 Å². The summed E-state index contributed by atoms with van der Waals surface area (Å²) in [6.45, 7) is 4.81. The molecule has 124 valence electrons. The number of fused-ring (bicyclic) bond motifs is 3. The molecule has 0 spiro atoms. The van der Waals surface area contributed by atoms with Gasteiger partial charge in [0.15, 0.2) is 0 Å². The van der Waals surface area contributed by atoms with Crippen LogP contribution in [0.1, 0.15) is 22.4 Å². The zero-order valence-electron chi connectivity index (χ0n) is 14.0. The van der Waals surface area contributed by atoms with E-state index in [-0.39, 0.29) is 0 Å². The molecule has 0 amide bonds. The Balaban J connectivity index is 0.000000179. The number of para-hydroxylation sites is 1. The van der Waals surface area contributed by atoms with Gasteiger partial charge in [-0.2, -0.15) is 0 Å². The van der Waals surface area contributed by atoms with Crippen molar-refractivity contribution in [3.05, 3.63) is 70.9 Å². The first-order chi connectivity index (χ1) is 11.5. The molecule has 1 aliphatic heterocycles. The van der Waals surface area contributed by atoms with Crippen LogP contribution in [0.15, 0.2) is 48.5 Å². The second-order valence-electron chi connectivity index (χ2n) is 6.26. The highest BCUT2D eigenvalue weighted by Crippen LogP contribution is 2.26. The molecule has 2 heterocycles. The van der Waals surface area contributed by atoms with E-state index in [4.69, 9.17) is 5.11 Å². The van der Waals surface area contributed by atoms with Gasteiger partial charge in [0.05, 0.1) is 0 Å². The van der Waals surface area contributed by atoms with Gasteiger partial charge in [0.25, 0.3) is 0 Å². The third-order valence-corrected chi connectivity index (χ3v) is 4.31. The first kappa shape index (κ1) is 16.3. The van der Waals surface area contributed by atoms with E-state index in [1.54, 1.807) is 0 Å². The summed E-state index contributed by atoms with van der Waals surface area (Å²) in [5.41, 5.74) is 6.01. The normalized spacial score (nSPS) is 16.2. The topological polar surface area (TPSA) is 65.1 Å². The molecule has 0 saturated carbocycles. The summed E-state index contributed by atoms with van der Waals surface area (Å²) in [7, 11) is 0. The van der Waals surface area contributed by atoms with Gasteiger partial charge in [-0.25, -0.2) is 0 Å². The summed E-state index contributed by atoms with van der Waals surface area (Å²) in [4.78, 5) is 14.3. The summed E-state index contributed by atoms with van der Waals surface area (Å²) in [6.07, 6.45) is 0.550. The van der Waals surface area contributed by atoms with E-state index in [0.717, 1.165) is 22.2 Å². The fourth-order valence-corrected chi connectivity index (χ4v) is 3.12. The van der Waals surface area contributed by atoms with E-state index < -0.39 is 12.0 Å². The third-order valence-electron chi connectivity index (χ3n) is 4.31. The van der Waals surface area contributed by atoms with Crippen molar-refractivity contribution in [2.45, 2.75) is 32.9 Å². The predicted molar refractivity (Wildman–Crippen MR) is 96.2 cm³/mol. The second-order valence-corrected chi connectivity index (χ2v) is 6.26. The van der Waals surface area contributed by atoms with E-state index in [2.05, 4.69) is 48.4 Å². The minimum absolute atomic E-state index is 0.466. The van der Waals surface area contributed by atoms with Crippen molar-refractivity contribution < 1.29 is 9.90 Å². The second kappa shape index (κ2) is 6.89. The smallest absolute Gasteiger partial charge is 0.321 e. The van der Waals surface area contributed by atoms with E-state index >= 15 is 0 Å². The molecule has 3 N–H and O–H groups in total. The molecule has 1 atom stereocenters. The Morgan fingerprint density at radius 3 is 2.42 bits per heavy atom. The Kier molecular flexibility index (Phi) is 4.67. The molecule has 24 heavy (non-hydrogen) atoms. The maximum Gasteiger partial charge on any atom is 0.321 e. The summed E-state index contributed by atoms with van der Waals surface area (Å²) in [5.74, 6) is -0.782. The Bertz CT molecular complexity index is 850. The quantitative estimate of drug-likeness (QED) is 0.642. The number of rotatable bonds is 1. The number of carboxylic acids is 1. The predicted octanol–water partition coefficient (Wildman–Crippen LogP) is 3.57. The average molecular weight is 322 g/mol. The SMILES string of the molecule is Cc1cccc(C)c1.O=C(O)C1Cc2c([nH]c3ccccc23)CN1. The highest BCUT2D eigenvalue weighted by molar-refractivity contribution is 5.86. The van der Waals surface area contributed by atoms with Crippen molar-refractivity contribution in [1.29, 1.82) is 0 Å². The van der Waals surface area contributed by atoms with E-state index in [0.29, 0.717) is 13.0 Å². The zero-order chi connectivity index (χ0) is 17.1. The fourth-order valence-electron chi connectivity index (χ4n) is 3.12. The molecule has 4 rings (SSSR count). The van der Waals surface area contributed by atoms with Crippen LogP contribution in [-0.2, 0) is 17.8 Å². The highest BCUT2D eigenvalue weighted by Gasteiger charge is 2.26. The number of aliphatic carboxylic acids is 1. The maximum atomic E-state index is 10.9. The number of hydrogen-bond acceptors (Lipinski definition) is 2. The van der Waals surface area contributed by atoms with Gasteiger partial charge in [-0.3, -0.25) is 10.1 Å². The van der Waals surface area contributed by atoms with Crippen molar-refractivity contribution in [2.75, 3.05) is 0 Å². The summed E-state index contributed by atoms with van der Waals surface area (Å²) < 4.78 is 0. The van der Waals surface area contributed by atoms with Crippen LogP contribution in [0.3, 0.4) is 0 Å². The van der Waals surface area contributed by atoms with Crippen LogP contribution in [0.5, 0.6) is 0 Å². The average Bonchev–Trinajstić information content (AvgIpc) is 2.93. The van der Waals surface area contributed by atoms with E-state index in [1.807, 2.05) is 24.3 Å². The first-order valence-electron chi connectivity index (χ1n) is 8.12. The number of aromatic amines is 1. The van der Waals surface area contributed by atoms with Gasteiger partial charge in [0.2, 0.25) is 0 Å². The van der Waals surface area contributed by atoms with E-state index in [1.165, 1.54) is 11.1 Å². The number of aryl methyl sites for hydroxylation is 2. The Morgan fingerprint density at radius 2 is 1.79 bits per heavy atom. The van der Waals surface area contributed by atoms with Crippen molar-refractivity contribution >= 4 is 16.9 Å². The lowest BCUT2D eigenvalue weighted by molar-refractivity contribution is -0.139.